The molecule has 1 aliphatic rings. The minimum Gasteiger partial charge on any atom is -0.373 e. The van der Waals surface area contributed by atoms with Crippen molar-refractivity contribution in [1.29, 1.82) is 0 Å². The highest BCUT2D eigenvalue weighted by Gasteiger charge is 2.21. The van der Waals surface area contributed by atoms with E-state index in [1.165, 1.54) is 6.07 Å². The molecule has 0 aliphatic carbocycles. The van der Waals surface area contributed by atoms with Gasteiger partial charge >= 0.3 is 6.03 Å². The molecule has 8 heteroatoms. The second-order valence-electron chi connectivity index (χ2n) is 7.75. The van der Waals surface area contributed by atoms with Gasteiger partial charge in [-0.05, 0) is 44.2 Å². The molecule has 0 saturated carbocycles. The van der Waals surface area contributed by atoms with Crippen molar-refractivity contribution in [2.75, 3.05) is 31.5 Å². The van der Waals surface area contributed by atoms with Gasteiger partial charge in [-0.15, -0.1) is 0 Å². The molecular formula is C23H29FN4O3. The summed E-state index contributed by atoms with van der Waals surface area (Å²) in [7, 11) is 0. The smallest absolute Gasteiger partial charge is 0.319 e. The number of hydrogen-bond donors (Lipinski definition) is 3. The monoisotopic (exact) mass is 428 g/mol. The fourth-order valence-corrected chi connectivity index (χ4v) is 3.59. The van der Waals surface area contributed by atoms with Crippen LogP contribution in [-0.4, -0.2) is 55.2 Å². The maximum Gasteiger partial charge on any atom is 0.319 e. The van der Waals surface area contributed by atoms with Crippen LogP contribution >= 0.6 is 0 Å². The molecule has 1 heterocycles. The minimum absolute atomic E-state index is 0.106. The summed E-state index contributed by atoms with van der Waals surface area (Å²) < 4.78 is 19.3. The highest BCUT2D eigenvalue weighted by Crippen LogP contribution is 2.11. The lowest BCUT2D eigenvalue weighted by Gasteiger charge is -2.35. The maximum absolute atomic E-state index is 13.6. The van der Waals surface area contributed by atoms with Crippen molar-refractivity contribution < 1.29 is 18.7 Å². The van der Waals surface area contributed by atoms with E-state index in [2.05, 4.69) is 20.9 Å². The van der Waals surface area contributed by atoms with Gasteiger partial charge in [-0.3, -0.25) is 9.69 Å². The van der Waals surface area contributed by atoms with Gasteiger partial charge in [0.05, 0.1) is 12.2 Å². The molecule has 166 valence electrons. The molecule has 2 aromatic carbocycles. The van der Waals surface area contributed by atoms with Crippen molar-refractivity contribution in [1.82, 2.24) is 15.5 Å². The van der Waals surface area contributed by atoms with Crippen molar-refractivity contribution in [3.05, 3.63) is 65.5 Å². The summed E-state index contributed by atoms with van der Waals surface area (Å²) in [5, 5.41) is 8.29. The summed E-state index contributed by atoms with van der Waals surface area (Å²) in [5.41, 5.74) is 1.43. The Kier molecular flexibility index (Phi) is 7.97. The zero-order valence-electron chi connectivity index (χ0n) is 17.9. The Bertz CT molecular complexity index is 881. The number of nitrogens with one attached hydrogen (secondary N) is 3. The molecule has 2 unspecified atom stereocenters. The number of morpholine rings is 1. The second kappa shape index (κ2) is 10.9. The fourth-order valence-electron chi connectivity index (χ4n) is 3.59. The fraction of sp³-hybridized carbons (Fsp3) is 0.391. The zero-order chi connectivity index (χ0) is 22.2. The van der Waals surface area contributed by atoms with Gasteiger partial charge < -0.3 is 20.7 Å². The Hall–Kier alpha value is -2.97. The number of ether oxygens (including phenoxy) is 1. The Morgan fingerprint density at radius 2 is 1.71 bits per heavy atom. The second-order valence-corrected chi connectivity index (χ2v) is 7.75. The van der Waals surface area contributed by atoms with E-state index in [1.54, 1.807) is 42.5 Å². The molecule has 1 fully saturated rings. The molecule has 3 rings (SSSR count). The Morgan fingerprint density at radius 1 is 1.03 bits per heavy atom. The first-order valence-corrected chi connectivity index (χ1v) is 10.4. The molecule has 2 atom stereocenters. The third kappa shape index (κ3) is 7.04. The number of amides is 3. The van der Waals surface area contributed by atoms with Gasteiger partial charge in [0.2, 0.25) is 0 Å². The third-order valence-electron chi connectivity index (χ3n) is 5.01. The summed E-state index contributed by atoms with van der Waals surface area (Å²) in [6, 6.07) is 12.5. The number of halogens is 1. The van der Waals surface area contributed by atoms with Gasteiger partial charge in [0, 0.05) is 49.5 Å². The largest absolute Gasteiger partial charge is 0.373 e. The molecule has 1 saturated heterocycles. The van der Waals surface area contributed by atoms with Gasteiger partial charge in [0.25, 0.3) is 5.91 Å². The number of benzene rings is 2. The average molecular weight is 429 g/mol. The predicted octanol–water partition coefficient (Wildman–Crippen LogP) is 2.99. The van der Waals surface area contributed by atoms with Crippen LogP contribution in [0, 0.1) is 5.82 Å². The van der Waals surface area contributed by atoms with Gasteiger partial charge in [0.1, 0.15) is 5.82 Å². The molecule has 0 radical (unpaired) electrons. The maximum atomic E-state index is 13.6. The molecule has 3 amide bonds. The number of carbonyl (C=O) groups is 2. The Morgan fingerprint density at radius 3 is 2.39 bits per heavy atom. The number of urea groups is 1. The third-order valence-corrected chi connectivity index (χ3v) is 5.01. The number of hydrogen-bond acceptors (Lipinski definition) is 4. The van der Waals surface area contributed by atoms with Crippen LogP contribution in [-0.2, 0) is 11.3 Å². The molecule has 0 bridgehead atoms. The van der Waals surface area contributed by atoms with E-state index < -0.39 is 0 Å². The summed E-state index contributed by atoms with van der Waals surface area (Å²) in [6.45, 7) is 7.20. The van der Waals surface area contributed by atoms with Crippen LogP contribution in [0.5, 0.6) is 0 Å². The topological polar surface area (TPSA) is 82.7 Å². The standard InChI is InChI=1S/C23H29FN4O3/c1-16-14-28(15-17(2)31-16)12-11-25-23(30)27-20-9-7-18(8-10-20)22(29)26-13-19-5-3-4-6-21(19)24/h3-10,16-17H,11-15H2,1-2H3,(H,26,29)(H2,25,27,30). The van der Waals surface area contributed by atoms with Crippen LogP contribution in [0.2, 0.25) is 0 Å². The van der Waals surface area contributed by atoms with Crippen molar-refractivity contribution in [3.8, 4) is 0 Å². The van der Waals surface area contributed by atoms with E-state index >= 15 is 0 Å². The van der Waals surface area contributed by atoms with Gasteiger partial charge in [-0.25, -0.2) is 9.18 Å². The van der Waals surface area contributed by atoms with Crippen molar-refractivity contribution >= 4 is 17.6 Å². The molecule has 1 aliphatic heterocycles. The number of nitrogens with zero attached hydrogens (tertiary/aromatic N) is 1. The highest BCUT2D eigenvalue weighted by molar-refractivity contribution is 5.95. The number of rotatable bonds is 7. The summed E-state index contributed by atoms with van der Waals surface area (Å²) in [4.78, 5) is 26.6. The predicted molar refractivity (Wildman–Crippen MR) is 117 cm³/mol. The van der Waals surface area contributed by atoms with Gasteiger partial charge in [-0.1, -0.05) is 18.2 Å². The van der Waals surface area contributed by atoms with Gasteiger partial charge in [0.15, 0.2) is 0 Å². The molecule has 31 heavy (non-hydrogen) atoms. The minimum atomic E-state index is -0.356. The van der Waals surface area contributed by atoms with E-state index in [9.17, 15) is 14.0 Å². The first-order chi connectivity index (χ1) is 14.9. The normalized spacial score (nSPS) is 18.9. The zero-order valence-corrected chi connectivity index (χ0v) is 17.9. The lowest BCUT2D eigenvalue weighted by atomic mass is 10.1. The van der Waals surface area contributed by atoms with Crippen LogP contribution in [0.15, 0.2) is 48.5 Å². The van der Waals surface area contributed by atoms with Crippen molar-refractivity contribution in [3.63, 3.8) is 0 Å². The highest BCUT2D eigenvalue weighted by atomic mass is 19.1. The molecule has 2 aromatic rings. The van der Waals surface area contributed by atoms with Crippen molar-refractivity contribution in [2.45, 2.75) is 32.6 Å². The first kappa shape index (κ1) is 22.7. The van der Waals surface area contributed by atoms with E-state index in [0.717, 1.165) is 19.6 Å². The lowest BCUT2D eigenvalue weighted by Crippen LogP contribution is -2.48. The number of carbonyl (C=O) groups excluding carboxylic acids is 2. The molecule has 7 nitrogen and oxygen atoms in total. The van der Waals surface area contributed by atoms with Crippen LogP contribution in [0.3, 0.4) is 0 Å². The van der Waals surface area contributed by atoms with E-state index in [4.69, 9.17) is 4.74 Å². The average Bonchev–Trinajstić information content (AvgIpc) is 2.73. The molecular weight excluding hydrogens is 399 g/mol. The Labute approximate surface area is 182 Å². The van der Waals surface area contributed by atoms with E-state index in [1.807, 2.05) is 13.8 Å². The number of anilines is 1. The lowest BCUT2D eigenvalue weighted by molar-refractivity contribution is -0.0672. The quantitative estimate of drug-likeness (QED) is 0.633. The summed E-state index contributed by atoms with van der Waals surface area (Å²) in [6.07, 6.45) is 0.389. The van der Waals surface area contributed by atoms with E-state index in [-0.39, 0.29) is 36.5 Å². The van der Waals surface area contributed by atoms with Crippen LogP contribution in [0.1, 0.15) is 29.8 Å². The van der Waals surface area contributed by atoms with Crippen LogP contribution in [0.25, 0.3) is 0 Å². The van der Waals surface area contributed by atoms with Crippen LogP contribution < -0.4 is 16.0 Å². The SMILES string of the molecule is CC1CN(CCNC(=O)Nc2ccc(C(=O)NCc3ccccc3F)cc2)CC(C)O1. The molecule has 0 spiro atoms. The molecule has 0 aromatic heterocycles. The van der Waals surface area contributed by atoms with Gasteiger partial charge in [-0.2, -0.15) is 0 Å². The van der Waals surface area contributed by atoms with E-state index in [0.29, 0.717) is 23.4 Å². The summed E-state index contributed by atoms with van der Waals surface area (Å²) >= 11 is 0. The van der Waals surface area contributed by atoms with Crippen LogP contribution in [0.4, 0.5) is 14.9 Å². The Balaban J connectivity index is 1.40. The van der Waals surface area contributed by atoms with Crippen molar-refractivity contribution in [2.24, 2.45) is 0 Å². The summed E-state index contributed by atoms with van der Waals surface area (Å²) in [5.74, 6) is -0.667. The molecule has 3 N–H and O–H groups in total. The first-order valence-electron chi connectivity index (χ1n) is 10.4.